The van der Waals surface area contributed by atoms with Gasteiger partial charge in [-0.1, -0.05) is 12.1 Å². The molecule has 0 aliphatic carbocycles. The Kier molecular flexibility index (Phi) is 9.84. The van der Waals surface area contributed by atoms with E-state index in [9.17, 15) is 28.2 Å². The summed E-state index contributed by atoms with van der Waals surface area (Å²) in [6, 6.07) is 9.78. The third-order valence-electron chi connectivity index (χ3n) is 5.90. The molecular formula is C23H31N5O7S. The molecule has 36 heavy (non-hydrogen) atoms. The van der Waals surface area contributed by atoms with Crippen LogP contribution < -0.4 is 0 Å². The van der Waals surface area contributed by atoms with E-state index in [-0.39, 0.29) is 17.1 Å². The zero-order chi connectivity index (χ0) is 26.1. The number of hydrogen-bond acceptors (Lipinski definition) is 9. The van der Waals surface area contributed by atoms with Crippen LogP contribution in [0.2, 0.25) is 0 Å². The van der Waals surface area contributed by atoms with E-state index in [0.717, 1.165) is 0 Å². The molecule has 0 unspecified atom stereocenters. The zero-order valence-electron chi connectivity index (χ0n) is 19.9. The topological polar surface area (TPSA) is 164 Å². The van der Waals surface area contributed by atoms with Crippen molar-refractivity contribution in [3.8, 4) is 0 Å². The second kappa shape index (κ2) is 12.8. The molecule has 1 aliphatic rings. The highest BCUT2D eigenvalue weighted by atomic mass is 32.2. The minimum Gasteiger partial charge on any atom is -0.477 e. The molecule has 12 nitrogen and oxygen atoms in total. The van der Waals surface area contributed by atoms with Crippen molar-refractivity contribution in [1.82, 2.24) is 24.7 Å². The van der Waals surface area contributed by atoms with E-state index in [4.69, 9.17) is 4.55 Å². The summed E-state index contributed by atoms with van der Waals surface area (Å²) in [5.41, 5.74) is 1.23. The number of nitrogens with zero attached hydrogens (tertiary/aromatic N) is 5. The Bertz CT molecular complexity index is 1090. The molecule has 3 rings (SSSR count). The van der Waals surface area contributed by atoms with Crippen LogP contribution >= 0.6 is 0 Å². The molecule has 2 aromatic heterocycles. The number of rotatable bonds is 10. The van der Waals surface area contributed by atoms with Crippen molar-refractivity contribution in [1.29, 1.82) is 0 Å². The summed E-state index contributed by atoms with van der Waals surface area (Å²) in [5.74, 6) is -2.49. The summed E-state index contributed by atoms with van der Waals surface area (Å²) in [6.07, 6.45) is 0.295. The average Bonchev–Trinajstić information content (AvgIpc) is 2.90. The molecule has 1 fully saturated rings. The van der Waals surface area contributed by atoms with Crippen LogP contribution in [0.4, 0.5) is 0 Å². The van der Waals surface area contributed by atoms with Crippen LogP contribution in [-0.4, -0.2) is 111 Å². The van der Waals surface area contributed by atoms with E-state index < -0.39 is 22.1 Å². The predicted molar refractivity (Wildman–Crippen MR) is 130 cm³/mol. The Balaban J connectivity index is 1.73. The molecule has 0 aromatic carbocycles. The smallest absolute Gasteiger partial charge is 0.354 e. The Morgan fingerprint density at radius 1 is 0.750 bits per heavy atom. The maximum atomic E-state index is 11.3. The Morgan fingerprint density at radius 3 is 1.56 bits per heavy atom. The summed E-state index contributed by atoms with van der Waals surface area (Å²) < 4.78 is 31.3. The van der Waals surface area contributed by atoms with Gasteiger partial charge in [0, 0.05) is 52.4 Å². The van der Waals surface area contributed by atoms with Gasteiger partial charge in [-0.05, 0) is 37.2 Å². The van der Waals surface area contributed by atoms with Gasteiger partial charge < -0.3 is 15.1 Å². The lowest BCUT2D eigenvalue weighted by Crippen LogP contribution is -2.37. The Morgan fingerprint density at radius 2 is 1.17 bits per heavy atom. The van der Waals surface area contributed by atoms with Crippen LogP contribution in [0, 0.1) is 0 Å². The summed E-state index contributed by atoms with van der Waals surface area (Å²) in [7, 11) is -4.03. The summed E-state index contributed by atoms with van der Waals surface area (Å²) >= 11 is 0. The minimum atomic E-state index is -4.03. The molecule has 1 aliphatic heterocycles. The quantitative estimate of drug-likeness (QED) is 0.377. The highest BCUT2D eigenvalue weighted by Gasteiger charge is 2.19. The number of carboxylic acid groups (broad SMARTS) is 2. The molecule has 0 bridgehead atoms. The average molecular weight is 522 g/mol. The number of pyridine rings is 2. The number of aromatic nitrogens is 2. The van der Waals surface area contributed by atoms with E-state index in [1.165, 1.54) is 12.1 Å². The number of aromatic carboxylic acids is 2. The maximum Gasteiger partial charge on any atom is 0.354 e. The van der Waals surface area contributed by atoms with Gasteiger partial charge in [-0.15, -0.1) is 0 Å². The largest absolute Gasteiger partial charge is 0.477 e. The Hall–Kier alpha value is -2.97. The van der Waals surface area contributed by atoms with E-state index in [1.807, 2.05) is 0 Å². The molecular weight excluding hydrogens is 490 g/mol. The summed E-state index contributed by atoms with van der Waals surface area (Å²) in [5, 5.41) is 18.5. The van der Waals surface area contributed by atoms with Crippen molar-refractivity contribution in [2.75, 3.05) is 51.6 Å². The third-order valence-corrected chi connectivity index (χ3v) is 6.70. The van der Waals surface area contributed by atoms with E-state index in [1.54, 1.807) is 24.3 Å². The first-order valence-electron chi connectivity index (χ1n) is 11.6. The fourth-order valence-corrected chi connectivity index (χ4v) is 4.52. The molecule has 0 radical (unpaired) electrons. The molecule has 0 saturated carbocycles. The van der Waals surface area contributed by atoms with Crippen molar-refractivity contribution in [3.05, 3.63) is 59.2 Å². The lowest BCUT2D eigenvalue weighted by atomic mass is 10.2. The first-order chi connectivity index (χ1) is 17.1. The van der Waals surface area contributed by atoms with Gasteiger partial charge in [0.05, 0.1) is 17.1 Å². The lowest BCUT2D eigenvalue weighted by molar-refractivity contribution is 0.0679. The number of hydrogen-bond donors (Lipinski definition) is 3. The first-order valence-corrected chi connectivity index (χ1v) is 13.2. The molecule has 196 valence electrons. The third kappa shape index (κ3) is 9.24. The van der Waals surface area contributed by atoms with Crippen molar-refractivity contribution in [2.45, 2.75) is 19.5 Å². The van der Waals surface area contributed by atoms with Gasteiger partial charge in [0.15, 0.2) is 0 Å². The van der Waals surface area contributed by atoms with Crippen molar-refractivity contribution in [3.63, 3.8) is 0 Å². The van der Waals surface area contributed by atoms with Gasteiger partial charge in [0.1, 0.15) is 11.4 Å². The Labute approximate surface area is 209 Å². The fourth-order valence-electron chi connectivity index (χ4n) is 4.03. The van der Waals surface area contributed by atoms with Gasteiger partial charge in [-0.3, -0.25) is 14.4 Å². The van der Waals surface area contributed by atoms with Gasteiger partial charge in [0.25, 0.3) is 10.1 Å². The maximum absolute atomic E-state index is 11.3. The molecule has 13 heteroatoms. The van der Waals surface area contributed by atoms with E-state index in [2.05, 4.69) is 24.7 Å². The fraction of sp³-hybridized carbons (Fsp3) is 0.478. The number of carboxylic acids is 2. The van der Waals surface area contributed by atoms with Crippen molar-refractivity contribution < 1.29 is 32.8 Å². The second-order valence-electron chi connectivity index (χ2n) is 8.67. The normalized spacial score (nSPS) is 16.7. The van der Waals surface area contributed by atoms with Crippen molar-refractivity contribution in [2.24, 2.45) is 0 Å². The predicted octanol–water partition coefficient (Wildman–Crippen LogP) is 0.771. The van der Waals surface area contributed by atoms with Crippen LogP contribution in [0.1, 0.15) is 38.8 Å². The molecule has 1 saturated heterocycles. The lowest BCUT2D eigenvalue weighted by Gasteiger charge is -2.25. The van der Waals surface area contributed by atoms with E-state index in [0.29, 0.717) is 76.7 Å². The van der Waals surface area contributed by atoms with Crippen LogP contribution in [0.25, 0.3) is 0 Å². The van der Waals surface area contributed by atoms with Crippen LogP contribution in [0.3, 0.4) is 0 Å². The van der Waals surface area contributed by atoms with Gasteiger partial charge in [-0.25, -0.2) is 19.6 Å². The van der Waals surface area contributed by atoms with Crippen LogP contribution in [0.15, 0.2) is 36.4 Å². The van der Waals surface area contributed by atoms with Gasteiger partial charge >= 0.3 is 11.9 Å². The molecule has 0 spiro atoms. The van der Waals surface area contributed by atoms with Gasteiger partial charge in [0.2, 0.25) is 0 Å². The minimum absolute atomic E-state index is 0.0189. The van der Waals surface area contributed by atoms with Gasteiger partial charge in [-0.2, -0.15) is 8.42 Å². The zero-order valence-corrected chi connectivity index (χ0v) is 20.7. The molecule has 3 heterocycles. The van der Waals surface area contributed by atoms with Crippen LogP contribution in [0.5, 0.6) is 0 Å². The van der Waals surface area contributed by atoms with Crippen molar-refractivity contribution >= 4 is 22.1 Å². The van der Waals surface area contributed by atoms with Crippen LogP contribution in [-0.2, 0) is 23.2 Å². The summed E-state index contributed by atoms with van der Waals surface area (Å²) in [4.78, 5) is 37.5. The standard InChI is InChI=1S/C23H31N5O7S/c29-22(30)20-6-1-4-18(24-20)16-27-11-9-26(8-3-15-36(33,34)35)10-12-28(14-13-27)17-19-5-2-7-21(25-19)23(31)32/h1-2,4-7H,3,8-17H2,(H,29,30)(H,31,32)(H,33,34,35). The molecule has 3 N–H and O–H groups in total. The summed E-state index contributed by atoms with van der Waals surface area (Å²) in [6.45, 7) is 5.33. The first kappa shape index (κ1) is 27.6. The molecule has 2 aromatic rings. The SMILES string of the molecule is O=C(O)c1cccc(CN2CCN(CCCS(=O)(=O)O)CCN(Cc3cccc(C(=O)O)n3)CC2)n1. The highest BCUT2D eigenvalue weighted by Crippen LogP contribution is 2.10. The monoisotopic (exact) mass is 521 g/mol. The van der Waals surface area contributed by atoms with E-state index >= 15 is 0 Å². The highest BCUT2D eigenvalue weighted by molar-refractivity contribution is 7.85. The molecule has 0 atom stereocenters. The molecule has 0 amide bonds. The second-order valence-corrected chi connectivity index (χ2v) is 10.2. The number of carbonyl (C=O) groups is 2.